The first-order valence-corrected chi connectivity index (χ1v) is 6.36. The van der Waals surface area contributed by atoms with Crippen LogP contribution in [-0.2, 0) is 0 Å². The van der Waals surface area contributed by atoms with Gasteiger partial charge >= 0.3 is 0 Å². The van der Waals surface area contributed by atoms with Gasteiger partial charge in [0.05, 0.1) is 6.61 Å². The van der Waals surface area contributed by atoms with E-state index in [9.17, 15) is 0 Å². The van der Waals surface area contributed by atoms with Crippen molar-refractivity contribution in [3.8, 4) is 5.75 Å². The largest absolute Gasteiger partial charge is 0.493 e. The first kappa shape index (κ1) is 10.2. The van der Waals surface area contributed by atoms with E-state index < -0.39 is 0 Å². The van der Waals surface area contributed by atoms with Crippen LogP contribution in [0.5, 0.6) is 5.75 Å². The quantitative estimate of drug-likeness (QED) is 0.765. The topological polar surface area (TPSA) is 21.3 Å². The van der Waals surface area contributed by atoms with Crippen LogP contribution < -0.4 is 10.1 Å². The van der Waals surface area contributed by atoms with Gasteiger partial charge in [-0.2, -0.15) is 0 Å². The Morgan fingerprint density at radius 2 is 2.12 bits per heavy atom. The second-order valence-electron chi connectivity index (χ2n) is 4.98. The maximum absolute atomic E-state index is 5.66. The van der Waals surface area contributed by atoms with Crippen molar-refractivity contribution in [1.29, 1.82) is 0 Å². The van der Waals surface area contributed by atoms with Crippen LogP contribution in [-0.4, -0.2) is 19.7 Å². The molecular weight excluding hydrogens is 198 g/mol. The van der Waals surface area contributed by atoms with E-state index in [1.165, 1.54) is 31.4 Å². The third kappa shape index (κ3) is 2.22. The maximum Gasteiger partial charge on any atom is 0.122 e. The fraction of sp³-hybridized carbons (Fsp3) is 0.571. The van der Waals surface area contributed by atoms with E-state index >= 15 is 0 Å². The van der Waals surface area contributed by atoms with Crippen molar-refractivity contribution in [2.45, 2.75) is 25.2 Å². The van der Waals surface area contributed by atoms with Crippen LogP contribution in [0.3, 0.4) is 0 Å². The lowest BCUT2D eigenvalue weighted by atomic mass is 10.0. The van der Waals surface area contributed by atoms with Gasteiger partial charge < -0.3 is 10.1 Å². The smallest absolute Gasteiger partial charge is 0.122 e. The molecule has 3 rings (SSSR count). The summed E-state index contributed by atoms with van der Waals surface area (Å²) in [6.07, 6.45) is 4.27. The zero-order chi connectivity index (χ0) is 10.8. The normalized spacial score (nSPS) is 22.9. The van der Waals surface area contributed by atoms with E-state index in [0.29, 0.717) is 5.92 Å². The first-order valence-electron chi connectivity index (χ1n) is 6.36. The Kier molecular flexibility index (Phi) is 2.83. The van der Waals surface area contributed by atoms with Crippen LogP contribution in [0.1, 0.15) is 30.7 Å². The third-order valence-corrected chi connectivity index (χ3v) is 3.62. The fourth-order valence-electron chi connectivity index (χ4n) is 2.39. The zero-order valence-electron chi connectivity index (χ0n) is 9.61. The Morgan fingerprint density at radius 3 is 3.00 bits per heavy atom. The molecule has 1 fully saturated rings. The molecule has 1 atom stereocenters. The number of rotatable bonds is 5. The summed E-state index contributed by atoms with van der Waals surface area (Å²) in [5, 5.41) is 3.56. The van der Waals surface area contributed by atoms with Crippen LogP contribution in [0.2, 0.25) is 0 Å². The highest BCUT2D eigenvalue weighted by Crippen LogP contribution is 2.33. The highest BCUT2D eigenvalue weighted by Gasteiger charge is 2.24. The van der Waals surface area contributed by atoms with Gasteiger partial charge in [0, 0.05) is 18.0 Å². The van der Waals surface area contributed by atoms with E-state index in [1.807, 2.05) is 6.07 Å². The fourth-order valence-corrected chi connectivity index (χ4v) is 2.39. The van der Waals surface area contributed by atoms with Crippen molar-refractivity contribution < 1.29 is 4.74 Å². The molecule has 0 aromatic heterocycles. The molecule has 1 N–H and O–H groups in total. The van der Waals surface area contributed by atoms with Gasteiger partial charge in [0.15, 0.2) is 0 Å². The first-order chi connectivity index (χ1) is 7.93. The number of nitrogens with one attached hydrogen (secondary N) is 1. The highest BCUT2D eigenvalue weighted by molar-refractivity contribution is 5.39. The monoisotopic (exact) mass is 217 g/mol. The molecule has 86 valence electrons. The van der Waals surface area contributed by atoms with Crippen molar-refractivity contribution in [3.05, 3.63) is 29.8 Å². The summed E-state index contributed by atoms with van der Waals surface area (Å²) < 4.78 is 5.66. The lowest BCUT2D eigenvalue weighted by Crippen LogP contribution is -2.23. The Balaban J connectivity index is 1.48. The standard InChI is InChI=1S/C14H19NO/c1-2-4-14-13(3-1)12(10-16-14)9-15-8-7-11-5-6-11/h1-4,11-12,15H,5-10H2. The van der Waals surface area contributed by atoms with Gasteiger partial charge in [0.25, 0.3) is 0 Å². The third-order valence-electron chi connectivity index (χ3n) is 3.62. The van der Waals surface area contributed by atoms with E-state index in [0.717, 1.165) is 24.8 Å². The van der Waals surface area contributed by atoms with Gasteiger partial charge in [-0.1, -0.05) is 31.0 Å². The molecule has 0 saturated heterocycles. The lowest BCUT2D eigenvalue weighted by Gasteiger charge is -2.09. The summed E-state index contributed by atoms with van der Waals surface area (Å²) in [7, 11) is 0. The van der Waals surface area contributed by atoms with E-state index in [2.05, 4.69) is 23.5 Å². The molecule has 2 nitrogen and oxygen atoms in total. The number of hydrogen-bond acceptors (Lipinski definition) is 2. The number of ether oxygens (including phenoxy) is 1. The minimum Gasteiger partial charge on any atom is -0.493 e. The minimum atomic E-state index is 0.551. The number of benzene rings is 1. The molecule has 1 aromatic carbocycles. The van der Waals surface area contributed by atoms with Gasteiger partial charge in [-0.3, -0.25) is 0 Å². The molecule has 16 heavy (non-hydrogen) atoms. The van der Waals surface area contributed by atoms with Crippen molar-refractivity contribution in [2.75, 3.05) is 19.7 Å². The van der Waals surface area contributed by atoms with E-state index in [4.69, 9.17) is 4.74 Å². The molecule has 1 aliphatic heterocycles. The van der Waals surface area contributed by atoms with Crippen molar-refractivity contribution in [2.24, 2.45) is 5.92 Å². The molecular formula is C14H19NO. The molecule has 0 radical (unpaired) electrons. The SMILES string of the molecule is c1ccc2c(c1)OCC2CNCCC1CC1. The average molecular weight is 217 g/mol. The van der Waals surface area contributed by atoms with E-state index in [1.54, 1.807) is 0 Å². The molecule has 0 amide bonds. The Morgan fingerprint density at radius 1 is 1.25 bits per heavy atom. The molecule has 2 aliphatic rings. The van der Waals surface area contributed by atoms with Gasteiger partial charge in [-0.25, -0.2) is 0 Å². The Labute approximate surface area is 97.0 Å². The van der Waals surface area contributed by atoms with Crippen molar-refractivity contribution in [3.63, 3.8) is 0 Å². The van der Waals surface area contributed by atoms with Crippen LogP contribution >= 0.6 is 0 Å². The molecule has 1 aliphatic carbocycles. The second kappa shape index (κ2) is 4.46. The van der Waals surface area contributed by atoms with Crippen LogP contribution in [0.15, 0.2) is 24.3 Å². The van der Waals surface area contributed by atoms with Crippen LogP contribution in [0.25, 0.3) is 0 Å². The number of hydrogen-bond donors (Lipinski definition) is 1. The highest BCUT2D eigenvalue weighted by atomic mass is 16.5. The average Bonchev–Trinajstić information content (AvgIpc) is 3.05. The zero-order valence-corrected chi connectivity index (χ0v) is 9.61. The van der Waals surface area contributed by atoms with Crippen LogP contribution in [0.4, 0.5) is 0 Å². The molecule has 0 spiro atoms. The number of fused-ring (bicyclic) bond motifs is 1. The summed E-state index contributed by atoms with van der Waals surface area (Å²) >= 11 is 0. The molecule has 0 bridgehead atoms. The molecule has 1 aromatic rings. The minimum absolute atomic E-state index is 0.551. The van der Waals surface area contributed by atoms with Gasteiger partial charge in [-0.05, 0) is 24.9 Å². The molecule has 1 saturated carbocycles. The predicted octanol–water partition coefficient (Wildman–Crippen LogP) is 2.55. The lowest BCUT2D eigenvalue weighted by molar-refractivity contribution is 0.326. The summed E-state index contributed by atoms with van der Waals surface area (Å²) in [6, 6.07) is 8.40. The van der Waals surface area contributed by atoms with Crippen molar-refractivity contribution in [1.82, 2.24) is 5.32 Å². The second-order valence-corrected chi connectivity index (χ2v) is 4.98. The van der Waals surface area contributed by atoms with E-state index in [-0.39, 0.29) is 0 Å². The maximum atomic E-state index is 5.66. The van der Waals surface area contributed by atoms with Gasteiger partial charge in [0.1, 0.15) is 5.75 Å². The molecule has 1 heterocycles. The van der Waals surface area contributed by atoms with Gasteiger partial charge in [0.2, 0.25) is 0 Å². The predicted molar refractivity (Wildman–Crippen MR) is 64.9 cm³/mol. The Hall–Kier alpha value is -1.02. The summed E-state index contributed by atoms with van der Waals surface area (Å²) in [5.41, 5.74) is 1.38. The molecule has 2 heteroatoms. The summed E-state index contributed by atoms with van der Waals surface area (Å²) in [5.74, 6) is 2.66. The van der Waals surface area contributed by atoms with Crippen molar-refractivity contribution >= 4 is 0 Å². The molecule has 1 unspecified atom stereocenters. The van der Waals surface area contributed by atoms with Crippen LogP contribution in [0, 0.1) is 5.92 Å². The number of para-hydroxylation sites is 1. The van der Waals surface area contributed by atoms with Gasteiger partial charge in [-0.15, -0.1) is 0 Å². The summed E-state index contributed by atoms with van der Waals surface area (Å²) in [4.78, 5) is 0. The Bertz CT molecular complexity index is 360. The summed E-state index contributed by atoms with van der Waals surface area (Å²) in [6.45, 7) is 3.07.